The third-order valence-electron chi connectivity index (χ3n) is 3.60. The predicted molar refractivity (Wildman–Crippen MR) is 75.3 cm³/mol. The van der Waals surface area contributed by atoms with Crippen LogP contribution in [-0.4, -0.2) is 50.5 Å². The molecule has 1 N–H and O–H groups in total. The van der Waals surface area contributed by atoms with Gasteiger partial charge in [0, 0.05) is 45.0 Å². The third-order valence-corrected chi connectivity index (χ3v) is 3.60. The molecule has 0 aliphatic carbocycles. The molecule has 0 spiro atoms. The molecule has 1 fully saturated rings. The molecule has 4 nitrogen and oxygen atoms in total. The van der Waals surface area contributed by atoms with Gasteiger partial charge in [-0.3, -0.25) is 9.89 Å². The first-order valence-corrected chi connectivity index (χ1v) is 6.71. The smallest absolute Gasteiger partial charge is 0.0895 e. The van der Waals surface area contributed by atoms with Crippen LogP contribution in [0.2, 0.25) is 0 Å². The van der Waals surface area contributed by atoms with Gasteiger partial charge in [0.05, 0.1) is 12.9 Å². The van der Waals surface area contributed by atoms with E-state index in [1.807, 2.05) is 6.34 Å². The van der Waals surface area contributed by atoms with E-state index in [0.717, 1.165) is 45.8 Å². The topological polar surface area (TPSA) is 30.9 Å². The normalized spacial score (nSPS) is 20.6. The molecule has 1 aromatic carbocycles. The Balaban J connectivity index is 1.75. The lowest BCUT2D eigenvalue weighted by molar-refractivity contribution is 0.233. The molecule has 2 heterocycles. The predicted octanol–water partition coefficient (Wildman–Crippen LogP) is 0.940. The lowest BCUT2D eigenvalue weighted by Gasteiger charge is -2.29. The highest BCUT2D eigenvalue weighted by Gasteiger charge is 2.15. The van der Waals surface area contributed by atoms with E-state index in [-0.39, 0.29) is 0 Å². The van der Waals surface area contributed by atoms with Gasteiger partial charge in [-0.1, -0.05) is 18.2 Å². The molecule has 0 atom stereocenters. The number of piperazine rings is 1. The maximum absolute atomic E-state index is 4.31. The Hall–Kier alpha value is -1.39. The molecule has 0 aromatic heterocycles. The summed E-state index contributed by atoms with van der Waals surface area (Å²) in [5, 5.41) is 3.40. The molecule has 0 bridgehead atoms. The number of para-hydroxylation sites is 1. The van der Waals surface area contributed by atoms with Crippen molar-refractivity contribution in [1.29, 1.82) is 0 Å². The van der Waals surface area contributed by atoms with Crippen molar-refractivity contribution in [1.82, 2.24) is 10.2 Å². The fourth-order valence-corrected chi connectivity index (χ4v) is 2.60. The minimum absolute atomic E-state index is 0.919. The van der Waals surface area contributed by atoms with Crippen LogP contribution in [0.1, 0.15) is 5.56 Å². The van der Waals surface area contributed by atoms with Crippen molar-refractivity contribution in [2.45, 2.75) is 6.54 Å². The summed E-state index contributed by atoms with van der Waals surface area (Å²) in [6, 6.07) is 8.69. The molecule has 2 aliphatic heterocycles. The second kappa shape index (κ2) is 5.50. The van der Waals surface area contributed by atoms with E-state index in [9.17, 15) is 0 Å². The van der Waals surface area contributed by atoms with E-state index in [1.165, 1.54) is 11.3 Å². The Morgan fingerprint density at radius 3 is 2.72 bits per heavy atom. The molecule has 96 valence electrons. The third kappa shape index (κ3) is 2.54. The Kier molecular flexibility index (Phi) is 3.57. The van der Waals surface area contributed by atoms with Crippen molar-refractivity contribution in [3.63, 3.8) is 0 Å². The summed E-state index contributed by atoms with van der Waals surface area (Å²) in [5.41, 5.74) is 2.73. The minimum Gasteiger partial charge on any atom is -0.331 e. The molecule has 1 aromatic rings. The molecule has 18 heavy (non-hydrogen) atoms. The summed E-state index contributed by atoms with van der Waals surface area (Å²) in [7, 11) is 0. The highest BCUT2D eigenvalue weighted by Crippen LogP contribution is 2.22. The van der Waals surface area contributed by atoms with Crippen LogP contribution in [0.25, 0.3) is 0 Å². The molecule has 1 saturated heterocycles. The number of benzene rings is 1. The lowest BCUT2D eigenvalue weighted by atomic mass is 10.1. The van der Waals surface area contributed by atoms with E-state index in [0.29, 0.717) is 0 Å². The molecule has 0 unspecified atom stereocenters. The average molecular weight is 244 g/mol. The Morgan fingerprint density at radius 2 is 1.94 bits per heavy atom. The van der Waals surface area contributed by atoms with Crippen LogP contribution in [0.3, 0.4) is 0 Å². The van der Waals surface area contributed by atoms with Crippen LogP contribution in [0.4, 0.5) is 5.69 Å². The fourth-order valence-electron chi connectivity index (χ4n) is 2.60. The van der Waals surface area contributed by atoms with Gasteiger partial charge in [0.1, 0.15) is 0 Å². The number of nitrogens with one attached hydrogen (secondary N) is 1. The molecule has 0 saturated carbocycles. The minimum atomic E-state index is 0.919. The molecule has 3 rings (SSSR count). The molecule has 0 amide bonds. The maximum atomic E-state index is 4.31. The summed E-state index contributed by atoms with van der Waals surface area (Å²) in [5.74, 6) is 0. The van der Waals surface area contributed by atoms with Gasteiger partial charge in [-0.25, -0.2) is 0 Å². The van der Waals surface area contributed by atoms with Crippen molar-refractivity contribution in [2.24, 2.45) is 4.99 Å². The zero-order chi connectivity index (χ0) is 12.2. The summed E-state index contributed by atoms with van der Waals surface area (Å²) in [6.07, 6.45) is 1.97. The van der Waals surface area contributed by atoms with Crippen LogP contribution in [0.5, 0.6) is 0 Å². The van der Waals surface area contributed by atoms with Gasteiger partial charge in [0.15, 0.2) is 0 Å². The number of nitrogens with zero attached hydrogens (tertiary/aromatic N) is 3. The number of anilines is 1. The first-order valence-electron chi connectivity index (χ1n) is 6.71. The first-order chi connectivity index (χ1) is 8.93. The van der Waals surface area contributed by atoms with E-state index in [4.69, 9.17) is 0 Å². The van der Waals surface area contributed by atoms with E-state index in [1.54, 1.807) is 0 Å². The van der Waals surface area contributed by atoms with Crippen LogP contribution in [0, 0.1) is 0 Å². The van der Waals surface area contributed by atoms with Crippen molar-refractivity contribution in [3.8, 4) is 0 Å². The number of rotatable bonds is 3. The zero-order valence-electron chi connectivity index (χ0n) is 10.7. The second-order valence-electron chi connectivity index (χ2n) is 4.87. The molecule has 0 radical (unpaired) electrons. The summed E-state index contributed by atoms with van der Waals surface area (Å²) >= 11 is 0. The molecular weight excluding hydrogens is 224 g/mol. The number of hydrogen-bond donors (Lipinski definition) is 1. The van der Waals surface area contributed by atoms with Gasteiger partial charge in [-0.15, -0.1) is 0 Å². The van der Waals surface area contributed by atoms with Gasteiger partial charge in [0.25, 0.3) is 0 Å². The highest BCUT2D eigenvalue weighted by atomic mass is 15.2. The lowest BCUT2D eigenvalue weighted by Crippen LogP contribution is -2.43. The Labute approximate surface area is 108 Å². The van der Waals surface area contributed by atoms with Gasteiger partial charge in [-0.05, 0) is 11.6 Å². The summed E-state index contributed by atoms with van der Waals surface area (Å²) < 4.78 is 0. The molecular formula is C14H20N4. The van der Waals surface area contributed by atoms with Crippen molar-refractivity contribution < 1.29 is 0 Å². The van der Waals surface area contributed by atoms with Crippen LogP contribution >= 0.6 is 0 Å². The van der Waals surface area contributed by atoms with E-state index >= 15 is 0 Å². The zero-order valence-corrected chi connectivity index (χ0v) is 10.7. The van der Waals surface area contributed by atoms with E-state index in [2.05, 4.69) is 44.4 Å². The van der Waals surface area contributed by atoms with E-state index < -0.39 is 0 Å². The first kappa shape index (κ1) is 11.7. The Morgan fingerprint density at radius 1 is 1.11 bits per heavy atom. The maximum Gasteiger partial charge on any atom is 0.0895 e. The summed E-state index contributed by atoms with van der Waals surface area (Å²) in [4.78, 5) is 9.08. The van der Waals surface area contributed by atoms with Crippen LogP contribution < -0.4 is 10.2 Å². The fraction of sp³-hybridized carbons (Fsp3) is 0.500. The van der Waals surface area contributed by atoms with Gasteiger partial charge in [-0.2, -0.15) is 0 Å². The second-order valence-corrected chi connectivity index (χ2v) is 4.87. The van der Waals surface area contributed by atoms with Gasteiger partial charge >= 0.3 is 0 Å². The van der Waals surface area contributed by atoms with Crippen molar-refractivity contribution in [3.05, 3.63) is 29.8 Å². The quantitative estimate of drug-likeness (QED) is 0.858. The van der Waals surface area contributed by atoms with Crippen molar-refractivity contribution >= 4 is 12.0 Å². The number of hydrogen-bond acceptors (Lipinski definition) is 4. The van der Waals surface area contributed by atoms with Crippen molar-refractivity contribution in [2.75, 3.05) is 44.2 Å². The molecule has 4 heteroatoms. The average Bonchev–Trinajstić information content (AvgIpc) is 2.94. The van der Waals surface area contributed by atoms with Crippen LogP contribution in [-0.2, 0) is 6.54 Å². The molecule has 2 aliphatic rings. The Bertz CT molecular complexity index is 424. The monoisotopic (exact) mass is 244 g/mol. The summed E-state index contributed by atoms with van der Waals surface area (Å²) in [6.45, 7) is 7.47. The SMILES string of the molecule is C1=NCCN1c1ccccc1CN1CCNCC1. The van der Waals surface area contributed by atoms with Gasteiger partial charge in [0.2, 0.25) is 0 Å². The number of aliphatic imine (C=N–C) groups is 1. The van der Waals surface area contributed by atoms with Crippen LogP contribution in [0.15, 0.2) is 29.3 Å². The largest absolute Gasteiger partial charge is 0.331 e. The highest BCUT2D eigenvalue weighted by molar-refractivity contribution is 5.82. The van der Waals surface area contributed by atoms with Gasteiger partial charge < -0.3 is 10.2 Å². The standard InChI is InChI=1S/C14H20N4/c1-2-4-14(18-10-7-16-12-18)13(3-1)11-17-8-5-15-6-9-17/h1-4,12,15H,5-11H2.